The quantitative estimate of drug-likeness (QED) is 0.267. The number of thiazole rings is 1. The summed E-state index contributed by atoms with van der Waals surface area (Å²) >= 11 is 1.24. The molecule has 9 heteroatoms. The first-order valence-electron chi connectivity index (χ1n) is 12.6. The molecule has 2 heterocycles. The Kier molecular flexibility index (Phi) is 7.32. The van der Waals surface area contributed by atoms with Crippen molar-refractivity contribution >= 4 is 34.4 Å². The van der Waals surface area contributed by atoms with Crippen molar-refractivity contribution < 1.29 is 24.2 Å². The summed E-state index contributed by atoms with van der Waals surface area (Å²) in [5.41, 5.74) is 3.45. The van der Waals surface area contributed by atoms with E-state index in [1.807, 2.05) is 73.6 Å². The number of hydrogen-bond acceptors (Lipinski definition) is 8. The molecular weight excluding hydrogens is 526 g/mol. The summed E-state index contributed by atoms with van der Waals surface area (Å²) in [7, 11) is 6.90. The highest BCUT2D eigenvalue weighted by Gasteiger charge is 2.45. The fraction of sp³-hybridized carbons (Fsp3) is 0.194. The first-order valence-corrected chi connectivity index (χ1v) is 13.4. The molecule has 0 fully saturated rings. The molecule has 1 amide bonds. The molecule has 0 bridgehead atoms. The summed E-state index contributed by atoms with van der Waals surface area (Å²) in [6.07, 6.45) is 0. The van der Waals surface area contributed by atoms with Crippen molar-refractivity contribution in [3.05, 3.63) is 100 Å². The number of benzene rings is 3. The zero-order valence-corrected chi connectivity index (χ0v) is 23.7. The summed E-state index contributed by atoms with van der Waals surface area (Å²) in [5.74, 6) is -0.793. The number of ketones is 1. The molecule has 1 N–H and O–H groups in total. The Labute approximate surface area is 236 Å². The number of carbonyl (C=O) groups is 2. The predicted octanol–water partition coefficient (Wildman–Crippen LogP) is 5.98. The molecule has 1 aliphatic rings. The maximum absolute atomic E-state index is 14.2. The predicted molar refractivity (Wildman–Crippen MR) is 157 cm³/mol. The molecule has 0 saturated carbocycles. The van der Waals surface area contributed by atoms with Crippen LogP contribution in [-0.2, 0) is 4.79 Å². The van der Waals surface area contributed by atoms with Gasteiger partial charge in [0.15, 0.2) is 5.76 Å². The number of aliphatic hydroxyl groups is 1. The van der Waals surface area contributed by atoms with E-state index in [2.05, 4.69) is 4.98 Å². The van der Waals surface area contributed by atoms with Crippen molar-refractivity contribution in [1.82, 2.24) is 4.98 Å². The molecule has 1 aliphatic heterocycles. The van der Waals surface area contributed by atoms with Gasteiger partial charge in [-0.2, -0.15) is 0 Å². The van der Waals surface area contributed by atoms with Gasteiger partial charge in [0.2, 0.25) is 5.78 Å². The third kappa shape index (κ3) is 4.80. The minimum absolute atomic E-state index is 0.00393. The summed E-state index contributed by atoms with van der Waals surface area (Å²) in [4.78, 5) is 36.2. The van der Waals surface area contributed by atoms with Crippen LogP contribution in [0.15, 0.2) is 84.1 Å². The molecule has 4 aromatic rings. The Morgan fingerprint density at radius 3 is 2.17 bits per heavy atom. The van der Waals surface area contributed by atoms with Crippen LogP contribution in [-0.4, -0.2) is 50.1 Å². The average molecular weight is 556 g/mol. The van der Waals surface area contributed by atoms with Crippen molar-refractivity contribution in [3.8, 4) is 22.1 Å². The summed E-state index contributed by atoms with van der Waals surface area (Å²) < 4.78 is 10.9. The van der Waals surface area contributed by atoms with Crippen molar-refractivity contribution in [3.63, 3.8) is 0 Å². The minimum Gasteiger partial charge on any atom is -0.503 e. The molecule has 40 heavy (non-hydrogen) atoms. The number of Topliss-reactive ketones (excluding diaryl/α,β-unsaturated/α-hetero) is 1. The van der Waals surface area contributed by atoms with Gasteiger partial charge in [-0.05, 0) is 24.6 Å². The number of carbonyl (C=O) groups excluding carboxylic acids is 2. The Morgan fingerprint density at radius 2 is 1.60 bits per heavy atom. The van der Waals surface area contributed by atoms with Crippen LogP contribution in [0.3, 0.4) is 0 Å². The molecule has 0 aliphatic carbocycles. The Hall–Kier alpha value is -4.63. The van der Waals surface area contributed by atoms with E-state index in [9.17, 15) is 14.7 Å². The first-order chi connectivity index (χ1) is 19.2. The van der Waals surface area contributed by atoms with E-state index in [1.165, 1.54) is 30.5 Å². The van der Waals surface area contributed by atoms with E-state index < -0.39 is 23.5 Å². The molecule has 0 spiro atoms. The molecule has 1 aromatic heterocycles. The van der Waals surface area contributed by atoms with Gasteiger partial charge in [-0.1, -0.05) is 42.5 Å². The number of anilines is 2. The Balaban J connectivity index is 1.65. The number of rotatable bonds is 8. The van der Waals surface area contributed by atoms with Crippen LogP contribution < -0.4 is 19.3 Å². The fourth-order valence-electron chi connectivity index (χ4n) is 4.74. The van der Waals surface area contributed by atoms with Crippen molar-refractivity contribution in [2.45, 2.75) is 13.0 Å². The highest BCUT2D eigenvalue weighted by molar-refractivity contribution is 7.17. The zero-order chi connectivity index (χ0) is 28.6. The second-order valence-electron chi connectivity index (χ2n) is 9.53. The lowest BCUT2D eigenvalue weighted by Gasteiger charge is -2.28. The van der Waals surface area contributed by atoms with Crippen molar-refractivity contribution in [1.29, 1.82) is 0 Å². The minimum atomic E-state index is -0.894. The van der Waals surface area contributed by atoms with Crippen LogP contribution in [0.5, 0.6) is 11.5 Å². The van der Waals surface area contributed by atoms with Crippen molar-refractivity contribution in [2.24, 2.45) is 0 Å². The number of aromatic nitrogens is 1. The smallest absolute Gasteiger partial charge is 0.294 e. The van der Waals surface area contributed by atoms with Crippen LogP contribution in [0.1, 0.15) is 27.0 Å². The van der Waals surface area contributed by atoms with Gasteiger partial charge in [-0.3, -0.25) is 14.5 Å². The lowest BCUT2D eigenvalue weighted by molar-refractivity contribution is -0.117. The van der Waals surface area contributed by atoms with E-state index in [-0.39, 0.29) is 5.57 Å². The van der Waals surface area contributed by atoms with Gasteiger partial charge < -0.3 is 19.5 Å². The largest absolute Gasteiger partial charge is 0.503 e. The van der Waals surface area contributed by atoms with E-state index >= 15 is 0 Å². The standard InChI is InChI=1S/C31H29N3O5S/c1-18-29(40-30(32-18)20-9-7-6-8-10-20)27(35)25-26(19-11-13-21(14-12-19)33(2)3)34(31(37)28(25)36)22-15-23(38-4)17-24(16-22)39-5/h6-17,26,36H,1-5H3. The zero-order valence-electron chi connectivity index (χ0n) is 22.8. The fourth-order valence-corrected chi connectivity index (χ4v) is 5.76. The molecule has 5 rings (SSSR count). The second-order valence-corrected chi connectivity index (χ2v) is 10.5. The Bertz CT molecular complexity index is 1590. The molecule has 1 unspecified atom stereocenters. The van der Waals surface area contributed by atoms with Gasteiger partial charge in [0.1, 0.15) is 16.5 Å². The molecule has 3 aromatic carbocycles. The summed E-state index contributed by atoms with van der Waals surface area (Å²) in [5, 5.41) is 11.9. The van der Waals surface area contributed by atoms with Crippen LogP contribution >= 0.6 is 11.3 Å². The number of aliphatic hydroxyl groups excluding tert-OH is 1. The maximum atomic E-state index is 14.2. The highest BCUT2D eigenvalue weighted by atomic mass is 32.1. The van der Waals surface area contributed by atoms with Gasteiger partial charge >= 0.3 is 0 Å². The van der Waals surface area contributed by atoms with Crippen LogP contribution in [0, 0.1) is 6.92 Å². The van der Waals surface area contributed by atoms with Gasteiger partial charge in [-0.15, -0.1) is 11.3 Å². The number of methoxy groups -OCH3 is 2. The highest BCUT2D eigenvalue weighted by Crippen LogP contribution is 2.45. The topological polar surface area (TPSA) is 92.2 Å². The first kappa shape index (κ1) is 27.0. The molecule has 0 saturated heterocycles. The number of nitrogens with zero attached hydrogens (tertiary/aromatic N) is 3. The SMILES string of the molecule is COc1cc(OC)cc(N2C(=O)C(O)=C(C(=O)c3sc(-c4ccccc4)nc3C)C2c2ccc(N(C)C)cc2)c1. The van der Waals surface area contributed by atoms with Crippen LogP contribution in [0.2, 0.25) is 0 Å². The van der Waals surface area contributed by atoms with Gasteiger partial charge in [0.25, 0.3) is 5.91 Å². The molecular formula is C31H29N3O5S. The third-order valence-electron chi connectivity index (χ3n) is 6.82. The monoisotopic (exact) mass is 555 g/mol. The molecule has 8 nitrogen and oxygen atoms in total. The van der Waals surface area contributed by atoms with Gasteiger partial charge in [-0.25, -0.2) is 4.98 Å². The van der Waals surface area contributed by atoms with Gasteiger partial charge in [0.05, 0.1) is 42.1 Å². The normalized spacial score (nSPS) is 15.0. The third-order valence-corrected chi connectivity index (χ3v) is 8.02. The summed E-state index contributed by atoms with van der Waals surface area (Å²) in [6, 6.07) is 21.3. The van der Waals surface area contributed by atoms with E-state index in [4.69, 9.17) is 9.47 Å². The average Bonchev–Trinajstić information content (AvgIpc) is 3.49. The van der Waals surface area contributed by atoms with E-state index in [0.29, 0.717) is 38.3 Å². The van der Waals surface area contributed by atoms with E-state index in [1.54, 1.807) is 25.1 Å². The lowest BCUT2D eigenvalue weighted by atomic mass is 9.94. The summed E-state index contributed by atoms with van der Waals surface area (Å²) in [6.45, 7) is 1.76. The van der Waals surface area contributed by atoms with Gasteiger partial charge in [0, 0.05) is 43.5 Å². The Morgan fingerprint density at radius 1 is 0.975 bits per heavy atom. The second kappa shape index (κ2) is 10.9. The van der Waals surface area contributed by atoms with Crippen molar-refractivity contribution in [2.75, 3.05) is 38.1 Å². The number of hydrogen-bond donors (Lipinski definition) is 1. The number of ether oxygens (including phenoxy) is 2. The maximum Gasteiger partial charge on any atom is 0.294 e. The van der Waals surface area contributed by atoms with E-state index in [0.717, 1.165) is 11.3 Å². The molecule has 1 atom stereocenters. The molecule has 204 valence electrons. The number of aryl methyl sites for hydroxylation is 1. The number of amides is 1. The van der Waals surface area contributed by atoms with Crippen LogP contribution in [0.4, 0.5) is 11.4 Å². The van der Waals surface area contributed by atoms with Crippen LogP contribution in [0.25, 0.3) is 10.6 Å². The lowest BCUT2D eigenvalue weighted by Crippen LogP contribution is -2.31. The molecule has 0 radical (unpaired) electrons.